The van der Waals surface area contributed by atoms with Gasteiger partial charge >= 0.3 is 0 Å². The van der Waals surface area contributed by atoms with Crippen molar-refractivity contribution < 1.29 is 9.84 Å². The summed E-state index contributed by atoms with van der Waals surface area (Å²) in [6.07, 6.45) is 1.76. The molecule has 2 aromatic carbocycles. The van der Waals surface area contributed by atoms with Gasteiger partial charge in [0.05, 0.1) is 12.7 Å². The van der Waals surface area contributed by atoms with Gasteiger partial charge < -0.3 is 15.2 Å². The summed E-state index contributed by atoms with van der Waals surface area (Å²) in [6, 6.07) is 14.7. The number of hydrogen-bond donors (Lipinski definition) is 2. The van der Waals surface area contributed by atoms with Crippen molar-refractivity contribution >= 4 is 10.8 Å². The molecule has 0 aromatic heterocycles. The van der Waals surface area contributed by atoms with E-state index >= 15 is 0 Å². The number of hydrogen-bond acceptors (Lipinski definition) is 3. The van der Waals surface area contributed by atoms with Gasteiger partial charge in [-0.1, -0.05) is 36.4 Å². The Morgan fingerprint density at radius 2 is 2.05 bits per heavy atom. The average molecular weight is 271 g/mol. The molecule has 2 unspecified atom stereocenters. The molecule has 2 aromatic rings. The lowest BCUT2D eigenvalue weighted by Gasteiger charge is -2.24. The van der Waals surface area contributed by atoms with Crippen LogP contribution in [0.4, 0.5) is 0 Å². The van der Waals surface area contributed by atoms with Gasteiger partial charge in [0, 0.05) is 19.2 Å². The quantitative estimate of drug-likeness (QED) is 0.898. The van der Waals surface area contributed by atoms with Gasteiger partial charge in [-0.15, -0.1) is 0 Å². The van der Waals surface area contributed by atoms with Gasteiger partial charge in [-0.3, -0.25) is 0 Å². The molecule has 20 heavy (non-hydrogen) atoms. The minimum atomic E-state index is -0.471. The second kappa shape index (κ2) is 6.35. The molecule has 2 N–H and O–H groups in total. The molecule has 2 atom stereocenters. The molecule has 0 amide bonds. The van der Waals surface area contributed by atoms with E-state index in [-0.39, 0.29) is 0 Å². The normalized spacial score (nSPS) is 20.9. The molecular formula is C17H21NO2. The van der Waals surface area contributed by atoms with Gasteiger partial charge in [-0.05, 0) is 35.2 Å². The van der Waals surface area contributed by atoms with Crippen molar-refractivity contribution in [2.45, 2.75) is 25.0 Å². The second-order valence-electron chi connectivity index (χ2n) is 5.44. The number of benzene rings is 2. The maximum Gasteiger partial charge on any atom is 0.0914 e. The Morgan fingerprint density at radius 1 is 1.20 bits per heavy atom. The highest BCUT2D eigenvalue weighted by atomic mass is 16.5. The van der Waals surface area contributed by atoms with Crippen LogP contribution in [0.2, 0.25) is 0 Å². The number of rotatable bonds is 4. The second-order valence-corrected chi connectivity index (χ2v) is 5.44. The SMILES string of the molecule is OC(CNC1CCCOC1)c1ccc2ccccc2c1. The minimum Gasteiger partial charge on any atom is -0.387 e. The molecule has 1 aliphatic rings. The van der Waals surface area contributed by atoms with Crippen LogP contribution in [0.5, 0.6) is 0 Å². The van der Waals surface area contributed by atoms with E-state index in [1.807, 2.05) is 18.2 Å². The Hall–Kier alpha value is -1.42. The van der Waals surface area contributed by atoms with Crippen LogP contribution in [0.1, 0.15) is 24.5 Å². The summed E-state index contributed by atoms with van der Waals surface area (Å²) in [7, 11) is 0. The summed E-state index contributed by atoms with van der Waals surface area (Å²) in [6.45, 7) is 2.20. The summed E-state index contributed by atoms with van der Waals surface area (Å²) >= 11 is 0. The van der Waals surface area contributed by atoms with E-state index in [1.165, 1.54) is 10.8 Å². The van der Waals surface area contributed by atoms with E-state index in [0.717, 1.165) is 31.6 Å². The molecule has 0 radical (unpaired) electrons. The van der Waals surface area contributed by atoms with Crippen molar-refractivity contribution in [1.29, 1.82) is 0 Å². The highest BCUT2D eigenvalue weighted by Crippen LogP contribution is 2.20. The van der Waals surface area contributed by atoms with Gasteiger partial charge in [-0.25, -0.2) is 0 Å². The summed E-state index contributed by atoms with van der Waals surface area (Å²) in [5.41, 5.74) is 0.966. The van der Waals surface area contributed by atoms with Crippen LogP contribution >= 0.6 is 0 Å². The van der Waals surface area contributed by atoms with Crippen molar-refractivity contribution in [3.05, 3.63) is 48.0 Å². The third-order valence-corrected chi connectivity index (χ3v) is 3.92. The number of fused-ring (bicyclic) bond motifs is 1. The van der Waals surface area contributed by atoms with Crippen LogP contribution < -0.4 is 5.32 Å². The van der Waals surface area contributed by atoms with E-state index < -0.39 is 6.10 Å². The Morgan fingerprint density at radius 3 is 2.85 bits per heavy atom. The standard InChI is InChI=1S/C17H21NO2/c19-17(11-18-16-6-3-9-20-12-16)15-8-7-13-4-1-2-5-14(13)10-15/h1-2,4-5,7-8,10,16-19H,3,6,9,11-12H2. The summed E-state index contributed by atoms with van der Waals surface area (Å²) in [4.78, 5) is 0. The Labute approximate surface area is 119 Å². The monoisotopic (exact) mass is 271 g/mol. The average Bonchev–Trinajstić information content (AvgIpc) is 2.53. The van der Waals surface area contributed by atoms with Gasteiger partial charge in [0.15, 0.2) is 0 Å². The molecule has 106 valence electrons. The molecule has 3 nitrogen and oxygen atoms in total. The van der Waals surface area contributed by atoms with E-state index in [2.05, 4.69) is 29.6 Å². The zero-order valence-electron chi connectivity index (χ0n) is 11.6. The summed E-state index contributed by atoms with van der Waals surface area (Å²) < 4.78 is 5.43. The molecule has 0 saturated carbocycles. The van der Waals surface area contributed by atoms with Crippen molar-refractivity contribution in [2.24, 2.45) is 0 Å². The van der Waals surface area contributed by atoms with E-state index in [4.69, 9.17) is 4.74 Å². The van der Waals surface area contributed by atoms with Crippen LogP contribution in [-0.4, -0.2) is 30.9 Å². The molecule has 0 spiro atoms. The Balaban J connectivity index is 1.64. The van der Waals surface area contributed by atoms with E-state index in [1.54, 1.807) is 0 Å². The fraction of sp³-hybridized carbons (Fsp3) is 0.412. The van der Waals surface area contributed by atoms with Crippen LogP contribution in [0.25, 0.3) is 10.8 Å². The number of aliphatic hydroxyl groups is 1. The lowest BCUT2D eigenvalue weighted by molar-refractivity contribution is 0.0639. The molecule has 1 fully saturated rings. The molecule has 1 heterocycles. The molecule has 1 aliphatic heterocycles. The smallest absolute Gasteiger partial charge is 0.0914 e. The highest BCUT2D eigenvalue weighted by Gasteiger charge is 2.15. The van der Waals surface area contributed by atoms with Gasteiger partial charge in [0.1, 0.15) is 0 Å². The van der Waals surface area contributed by atoms with E-state index in [9.17, 15) is 5.11 Å². The Bertz CT molecular complexity index is 564. The zero-order chi connectivity index (χ0) is 13.8. The van der Waals surface area contributed by atoms with Gasteiger partial charge in [-0.2, -0.15) is 0 Å². The first-order chi connectivity index (χ1) is 9.83. The predicted molar refractivity (Wildman–Crippen MR) is 80.8 cm³/mol. The molecule has 0 bridgehead atoms. The number of ether oxygens (including phenoxy) is 1. The summed E-state index contributed by atoms with van der Waals surface area (Å²) in [5.74, 6) is 0. The third-order valence-electron chi connectivity index (χ3n) is 3.92. The molecule has 1 saturated heterocycles. The molecule has 3 heteroatoms. The number of aliphatic hydroxyl groups excluding tert-OH is 1. The first kappa shape index (κ1) is 13.6. The lowest BCUT2D eigenvalue weighted by atomic mass is 10.0. The maximum atomic E-state index is 10.3. The van der Waals surface area contributed by atoms with Crippen LogP contribution in [0, 0.1) is 0 Å². The predicted octanol–water partition coefficient (Wildman–Crippen LogP) is 2.64. The lowest BCUT2D eigenvalue weighted by Crippen LogP contribution is -2.38. The van der Waals surface area contributed by atoms with Crippen molar-refractivity contribution in [3.8, 4) is 0 Å². The van der Waals surface area contributed by atoms with Gasteiger partial charge in [0.25, 0.3) is 0 Å². The fourth-order valence-electron chi connectivity index (χ4n) is 2.71. The fourth-order valence-corrected chi connectivity index (χ4v) is 2.71. The zero-order valence-corrected chi connectivity index (χ0v) is 11.6. The third kappa shape index (κ3) is 3.18. The van der Waals surface area contributed by atoms with Crippen LogP contribution in [0.3, 0.4) is 0 Å². The largest absolute Gasteiger partial charge is 0.387 e. The van der Waals surface area contributed by atoms with Crippen molar-refractivity contribution in [3.63, 3.8) is 0 Å². The molecular weight excluding hydrogens is 250 g/mol. The number of nitrogens with one attached hydrogen (secondary N) is 1. The first-order valence-corrected chi connectivity index (χ1v) is 7.31. The maximum absolute atomic E-state index is 10.3. The highest BCUT2D eigenvalue weighted by molar-refractivity contribution is 5.83. The summed E-state index contributed by atoms with van der Waals surface area (Å²) in [5, 5.41) is 16.1. The van der Waals surface area contributed by atoms with E-state index in [0.29, 0.717) is 12.6 Å². The minimum absolute atomic E-state index is 0.374. The van der Waals surface area contributed by atoms with Crippen LogP contribution in [-0.2, 0) is 4.74 Å². The first-order valence-electron chi connectivity index (χ1n) is 7.31. The van der Waals surface area contributed by atoms with Crippen molar-refractivity contribution in [1.82, 2.24) is 5.32 Å². The Kier molecular flexibility index (Phi) is 4.31. The molecule has 0 aliphatic carbocycles. The topological polar surface area (TPSA) is 41.5 Å². The van der Waals surface area contributed by atoms with Gasteiger partial charge in [0.2, 0.25) is 0 Å². The van der Waals surface area contributed by atoms with Crippen molar-refractivity contribution in [2.75, 3.05) is 19.8 Å². The van der Waals surface area contributed by atoms with Crippen LogP contribution in [0.15, 0.2) is 42.5 Å². The molecule has 3 rings (SSSR count).